The average molecular weight is 247 g/mol. The highest BCUT2D eigenvalue weighted by atomic mass is 32.1. The van der Waals surface area contributed by atoms with Gasteiger partial charge in [-0.3, -0.25) is 0 Å². The largest absolute Gasteiger partial charge is 0.392 e. The number of aliphatic hydroxyl groups is 1. The van der Waals surface area contributed by atoms with Crippen molar-refractivity contribution >= 4 is 11.3 Å². The van der Waals surface area contributed by atoms with Crippen LogP contribution in [-0.4, -0.2) is 17.8 Å². The molecule has 1 aromatic heterocycles. The van der Waals surface area contributed by atoms with Crippen LogP contribution in [-0.2, 0) is 6.54 Å². The average Bonchev–Trinajstić information content (AvgIpc) is 2.78. The summed E-state index contributed by atoms with van der Waals surface area (Å²) in [4.78, 5) is 1.30. The highest BCUT2D eigenvalue weighted by Gasteiger charge is 2.02. The van der Waals surface area contributed by atoms with Crippen LogP contribution in [0, 0.1) is 0 Å². The van der Waals surface area contributed by atoms with Crippen molar-refractivity contribution < 1.29 is 5.11 Å². The van der Waals surface area contributed by atoms with E-state index in [0.717, 1.165) is 6.54 Å². The minimum atomic E-state index is -0.288. The fourth-order valence-corrected chi connectivity index (χ4v) is 2.52. The van der Waals surface area contributed by atoms with Gasteiger partial charge in [0.15, 0.2) is 0 Å². The normalized spacial score (nSPS) is 12.6. The molecule has 90 valence electrons. The number of nitrogens with one attached hydrogen (secondary N) is 1. The zero-order valence-electron chi connectivity index (χ0n) is 9.89. The zero-order chi connectivity index (χ0) is 12.1. The van der Waals surface area contributed by atoms with E-state index in [1.165, 1.54) is 16.0 Å². The molecule has 0 spiro atoms. The molecule has 0 aliphatic carbocycles. The summed E-state index contributed by atoms with van der Waals surface area (Å²) in [5.74, 6) is 0. The quantitative estimate of drug-likeness (QED) is 0.851. The van der Waals surface area contributed by atoms with Crippen LogP contribution < -0.4 is 5.32 Å². The lowest BCUT2D eigenvalue weighted by Gasteiger charge is -2.04. The lowest BCUT2D eigenvalue weighted by atomic mass is 10.1. The minimum absolute atomic E-state index is 0.288. The molecule has 0 fully saturated rings. The van der Waals surface area contributed by atoms with Crippen molar-refractivity contribution in [3.63, 3.8) is 0 Å². The molecular weight excluding hydrogens is 230 g/mol. The predicted molar refractivity (Wildman–Crippen MR) is 73.1 cm³/mol. The molecule has 0 radical (unpaired) electrons. The van der Waals surface area contributed by atoms with Crippen molar-refractivity contribution in [1.29, 1.82) is 0 Å². The molecule has 2 rings (SSSR count). The number of thiophene rings is 1. The molecule has 1 heterocycles. The van der Waals surface area contributed by atoms with Crippen LogP contribution in [0.1, 0.15) is 11.8 Å². The van der Waals surface area contributed by atoms with Gasteiger partial charge >= 0.3 is 0 Å². The Hall–Kier alpha value is -1.16. The Labute approximate surface area is 106 Å². The number of rotatable bonds is 5. The predicted octanol–water partition coefficient (Wildman–Crippen LogP) is 2.89. The molecule has 2 aromatic rings. The number of hydrogen-bond acceptors (Lipinski definition) is 3. The Morgan fingerprint density at radius 1 is 1.24 bits per heavy atom. The van der Waals surface area contributed by atoms with Gasteiger partial charge in [0.25, 0.3) is 0 Å². The van der Waals surface area contributed by atoms with E-state index < -0.39 is 0 Å². The Bertz CT molecular complexity index is 450. The van der Waals surface area contributed by atoms with Crippen LogP contribution in [0.25, 0.3) is 11.1 Å². The fraction of sp³-hybridized carbons (Fsp3) is 0.286. The van der Waals surface area contributed by atoms with Crippen molar-refractivity contribution in [3.05, 3.63) is 46.7 Å². The molecular formula is C14H17NOS. The lowest BCUT2D eigenvalue weighted by molar-refractivity contribution is 0.191. The molecule has 1 aromatic carbocycles. The third kappa shape index (κ3) is 3.66. The Morgan fingerprint density at radius 3 is 2.71 bits per heavy atom. The van der Waals surface area contributed by atoms with E-state index in [0.29, 0.717) is 6.54 Å². The van der Waals surface area contributed by atoms with E-state index in [1.54, 1.807) is 18.3 Å². The van der Waals surface area contributed by atoms with Crippen molar-refractivity contribution in [2.24, 2.45) is 0 Å². The lowest BCUT2D eigenvalue weighted by Crippen LogP contribution is -2.23. The molecule has 0 amide bonds. The van der Waals surface area contributed by atoms with Gasteiger partial charge in [0.05, 0.1) is 6.10 Å². The number of benzene rings is 1. The molecule has 0 aliphatic heterocycles. The maximum absolute atomic E-state index is 9.15. The molecule has 1 atom stereocenters. The van der Waals surface area contributed by atoms with E-state index >= 15 is 0 Å². The molecule has 0 saturated carbocycles. The highest BCUT2D eigenvalue weighted by Crippen LogP contribution is 2.25. The summed E-state index contributed by atoms with van der Waals surface area (Å²) in [6.07, 6.45) is -0.288. The molecule has 2 nitrogen and oxygen atoms in total. The van der Waals surface area contributed by atoms with Crippen LogP contribution in [0.5, 0.6) is 0 Å². The third-order valence-corrected chi connectivity index (χ3v) is 3.44. The Morgan fingerprint density at radius 2 is 2.00 bits per heavy atom. The second kappa shape index (κ2) is 5.96. The molecule has 0 saturated heterocycles. The minimum Gasteiger partial charge on any atom is -0.392 e. The van der Waals surface area contributed by atoms with Gasteiger partial charge in [0.1, 0.15) is 0 Å². The van der Waals surface area contributed by atoms with Crippen LogP contribution in [0.15, 0.2) is 41.8 Å². The Balaban J connectivity index is 1.97. The van der Waals surface area contributed by atoms with Gasteiger partial charge in [0.2, 0.25) is 0 Å². The van der Waals surface area contributed by atoms with Crippen molar-refractivity contribution in [3.8, 4) is 11.1 Å². The van der Waals surface area contributed by atoms with Crippen LogP contribution in [0.3, 0.4) is 0 Å². The van der Waals surface area contributed by atoms with E-state index in [9.17, 15) is 0 Å². The first-order valence-corrected chi connectivity index (χ1v) is 6.65. The third-order valence-electron chi connectivity index (χ3n) is 2.50. The summed E-state index contributed by atoms with van der Waals surface area (Å²) in [7, 11) is 0. The van der Waals surface area contributed by atoms with Gasteiger partial charge in [-0.25, -0.2) is 0 Å². The van der Waals surface area contributed by atoms with Gasteiger partial charge in [-0.2, -0.15) is 0 Å². The first kappa shape index (κ1) is 12.3. The van der Waals surface area contributed by atoms with Gasteiger partial charge in [-0.15, -0.1) is 11.3 Å². The van der Waals surface area contributed by atoms with E-state index in [2.05, 4.69) is 41.0 Å². The first-order chi connectivity index (χ1) is 8.25. The molecule has 2 N–H and O–H groups in total. The molecule has 1 unspecified atom stereocenters. The second-order valence-corrected chi connectivity index (χ2v) is 5.14. The van der Waals surface area contributed by atoms with Gasteiger partial charge in [0, 0.05) is 18.0 Å². The number of hydrogen-bond donors (Lipinski definition) is 2. The Kier molecular flexibility index (Phi) is 4.31. The SMILES string of the molecule is CC(O)CNCc1cc(-c2ccccc2)cs1. The van der Waals surface area contributed by atoms with Gasteiger partial charge in [-0.1, -0.05) is 30.3 Å². The summed E-state index contributed by atoms with van der Waals surface area (Å²) in [5.41, 5.74) is 2.52. The van der Waals surface area contributed by atoms with Gasteiger partial charge in [-0.05, 0) is 29.5 Å². The summed E-state index contributed by atoms with van der Waals surface area (Å²) in [6, 6.07) is 12.6. The van der Waals surface area contributed by atoms with Gasteiger partial charge < -0.3 is 10.4 Å². The molecule has 0 bridgehead atoms. The monoisotopic (exact) mass is 247 g/mol. The first-order valence-electron chi connectivity index (χ1n) is 5.77. The standard InChI is InChI=1S/C14H17NOS/c1-11(16)8-15-9-14-7-13(10-17-14)12-5-3-2-4-6-12/h2-7,10-11,15-16H,8-9H2,1H3. The second-order valence-electron chi connectivity index (χ2n) is 4.15. The zero-order valence-corrected chi connectivity index (χ0v) is 10.7. The van der Waals surface area contributed by atoms with E-state index in [1.807, 2.05) is 6.07 Å². The fourth-order valence-electron chi connectivity index (χ4n) is 1.66. The topological polar surface area (TPSA) is 32.3 Å². The summed E-state index contributed by atoms with van der Waals surface area (Å²) in [6.45, 7) is 3.25. The van der Waals surface area contributed by atoms with E-state index in [-0.39, 0.29) is 6.10 Å². The van der Waals surface area contributed by atoms with Crippen molar-refractivity contribution in [2.75, 3.05) is 6.54 Å². The van der Waals surface area contributed by atoms with Crippen LogP contribution >= 0.6 is 11.3 Å². The van der Waals surface area contributed by atoms with E-state index in [4.69, 9.17) is 5.11 Å². The highest BCUT2D eigenvalue weighted by molar-refractivity contribution is 7.10. The summed E-state index contributed by atoms with van der Waals surface area (Å²) in [5, 5.41) is 14.6. The molecule has 17 heavy (non-hydrogen) atoms. The van der Waals surface area contributed by atoms with Crippen LogP contribution in [0.2, 0.25) is 0 Å². The maximum atomic E-state index is 9.15. The smallest absolute Gasteiger partial charge is 0.0636 e. The van der Waals surface area contributed by atoms with Crippen molar-refractivity contribution in [2.45, 2.75) is 19.6 Å². The molecule has 3 heteroatoms. The number of aliphatic hydroxyl groups excluding tert-OH is 1. The van der Waals surface area contributed by atoms with Crippen LogP contribution in [0.4, 0.5) is 0 Å². The summed E-state index contributed by atoms with van der Waals surface area (Å²) < 4.78 is 0. The summed E-state index contributed by atoms with van der Waals surface area (Å²) >= 11 is 1.75. The molecule has 0 aliphatic rings. The van der Waals surface area contributed by atoms with Crippen molar-refractivity contribution in [1.82, 2.24) is 5.32 Å². The maximum Gasteiger partial charge on any atom is 0.0636 e.